The average molecular weight is 366 g/mol. The second-order valence-corrected chi connectivity index (χ2v) is 7.92. The van der Waals surface area contributed by atoms with Crippen molar-refractivity contribution in [3.05, 3.63) is 36.4 Å². The molecule has 27 heavy (non-hydrogen) atoms. The molecule has 3 amide bonds. The van der Waals surface area contributed by atoms with E-state index >= 15 is 0 Å². The van der Waals surface area contributed by atoms with Gasteiger partial charge >= 0.3 is 0 Å². The lowest BCUT2D eigenvalue weighted by molar-refractivity contribution is -0.142. The summed E-state index contributed by atoms with van der Waals surface area (Å²) in [6.07, 6.45) is 5.40. The Morgan fingerprint density at radius 2 is 1.67 bits per heavy atom. The number of anilines is 1. The van der Waals surface area contributed by atoms with E-state index in [1.807, 2.05) is 6.92 Å². The Hall–Kier alpha value is -2.63. The van der Waals surface area contributed by atoms with Gasteiger partial charge in [-0.15, -0.1) is 0 Å². The molecule has 1 aliphatic heterocycles. The standard InChI is InChI=1S/C21H22N2O4/c1-2-27-12-5-3-11(4-6-12)22-17(24)10-23-20(25)18-13-7-8-14(16-9-15(13)16)19(18)21(23)26/h3-8,13-16,18-19H,2,9-10H2,1H3,(H,22,24)/t13-,14+,15-,16-,18+,19+/m1/s1. The Morgan fingerprint density at radius 3 is 2.22 bits per heavy atom. The van der Waals surface area contributed by atoms with Crippen LogP contribution in [0.25, 0.3) is 0 Å². The fourth-order valence-corrected chi connectivity index (χ4v) is 5.32. The van der Waals surface area contributed by atoms with E-state index in [1.54, 1.807) is 24.3 Å². The summed E-state index contributed by atoms with van der Waals surface area (Å²) in [5, 5.41) is 2.76. The first-order chi connectivity index (χ1) is 13.1. The van der Waals surface area contributed by atoms with Crippen molar-refractivity contribution in [1.82, 2.24) is 4.90 Å². The summed E-state index contributed by atoms with van der Waals surface area (Å²) in [6, 6.07) is 7.03. The molecule has 0 spiro atoms. The van der Waals surface area contributed by atoms with Crippen molar-refractivity contribution in [2.45, 2.75) is 13.3 Å². The molecule has 1 saturated heterocycles. The number of hydrogen-bond donors (Lipinski definition) is 1. The average Bonchev–Trinajstić information content (AvgIpc) is 3.45. The number of amides is 3. The number of hydrogen-bond acceptors (Lipinski definition) is 4. The number of imide groups is 1. The fourth-order valence-electron chi connectivity index (χ4n) is 5.32. The van der Waals surface area contributed by atoms with Crippen molar-refractivity contribution in [3.63, 3.8) is 0 Å². The molecule has 6 heteroatoms. The highest BCUT2D eigenvalue weighted by atomic mass is 16.5. The lowest BCUT2D eigenvalue weighted by atomic mass is 9.63. The first-order valence-corrected chi connectivity index (χ1v) is 9.64. The molecule has 5 aliphatic rings. The van der Waals surface area contributed by atoms with Crippen molar-refractivity contribution < 1.29 is 19.1 Å². The number of rotatable bonds is 5. The molecule has 0 unspecified atom stereocenters. The third-order valence-electron chi connectivity index (χ3n) is 6.50. The zero-order chi connectivity index (χ0) is 18.7. The Labute approximate surface area is 157 Å². The normalized spacial score (nSPS) is 35.1. The van der Waals surface area contributed by atoms with Crippen LogP contribution in [-0.4, -0.2) is 35.8 Å². The summed E-state index contributed by atoms with van der Waals surface area (Å²) in [5.41, 5.74) is 0.614. The monoisotopic (exact) mass is 366 g/mol. The van der Waals surface area contributed by atoms with Crippen LogP contribution in [0.15, 0.2) is 36.4 Å². The predicted octanol–water partition coefficient (Wildman–Crippen LogP) is 2.08. The lowest BCUT2D eigenvalue weighted by Crippen LogP contribution is -2.40. The number of carbonyl (C=O) groups excluding carboxylic acids is 3. The smallest absolute Gasteiger partial charge is 0.244 e. The van der Waals surface area contributed by atoms with E-state index in [1.165, 1.54) is 4.90 Å². The minimum atomic E-state index is -0.357. The van der Waals surface area contributed by atoms with Crippen molar-refractivity contribution in [1.29, 1.82) is 0 Å². The van der Waals surface area contributed by atoms with Gasteiger partial charge in [-0.3, -0.25) is 19.3 Å². The van der Waals surface area contributed by atoms with E-state index in [9.17, 15) is 14.4 Å². The van der Waals surface area contributed by atoms with Crippen LogP contribution in [0.2, 0.25) is 0 Å². The molecule has 3 fully saturated rings. The Bertz CT molecular complexity index is 810. The molecule has 6 atom stereocenters. The van der Waals surface area contributed by atoms with Crippen molar-refractivity contribution in [2.24, 2.45) is 35.5 Å². The number of allylic oxidation sites excluding steroid dienone is 2. The molecule has 1 aromatic rings. The lowest BCUT2D eigenvalue weighted by Gasteiger charge is -2.37. The van der Waals surface area contributed by atoms with Gasteiger partial charge in [0.2, 0.25) is 17.7 Å². The van der Waals surface area contributed by atoms with Crippen molar-refractivity contribution in [2.75, 3.05) is 18.5 Å². The van der Waals surface area contributed by atoms with Crippen molar-refractivity contribution >= 4 is 23.4 Å². The van der Waals surface area contributed by atoms with Crippen LogP contribution < -0.4 is 10.1 Å². The molecule has 2 bridgehead atoms. The zero-order valence-corrected chi connectivity index (χ0v) is 15.1. The maximum atomic E-state index is 12.9. The van der Waals surface area contributed by atoms with Crippen LogP contribution in [0.4, 0.5) is 5.69 Å². The number of carbonyl (C=O) groups is 3. The van der Waals surface area contributed by atoms with Gasteiger partial charge in [0.05, 0.1) is 18.4 Å². The van der Waals surface area contributed by atoms with Crippen LogP contribution in [0.1, 0.15) is 13.3 Å². The van der Waals surface area contributed by atoms with E-state index in [-0.39, 0.29) is 47.9 Å². The summed E-state index contributed by atoms with van der Waals surface area (Å²) in [4.78, 5) is 39.4. The Kier molecular flexibility index (Phi) is 3.64. The second kappa shape index (κ2) is 5.94. The second-order valence-electron chi connectivity index (χ2n) is 7.92. The molecule has 0 radical (unpaired) electrons. The molecule has 6 rings (SSSR count). The molecule has 1 heterocycles. The Morgan fingerprint density at radius 1 is 1.07 bits per heavy atom. The van der Waals surface area contributed by atoms with Gasteiger partial charge in [-0.05, 0) is 61.3 Å². The number of ether oxygens (including phenoxy) is 1. The molecule has 1 aromatic carbocycles. The van der Waals surface area contributed by atoms with Gasteiger partial charge in [0.1, 0.15) is 12.3 Å². The van der Waals surface area contributed by atoms with E-state index in [4.69, 9.17) is 4.74 Å². The van der Waals surface area contributed by atoms with Gasteiger partial charge in [0, 0.05) is 5.69 Å². The van der Waals surface area contributed by atoms with Gasteiger partial charge < -0.3 is 10.1 Å². The summed E-state index contributed by atoms with van der Waals surface area (Å²) < 4.78 is 5.38. The maximum Gasteiger partial charge on any atom is 0.244 e. The molecule has 140 valence electrons. The van der Waals surface area contributed by atoms with Gasteiger partial charge in [0.25, 0.3) is 0 Å². The molecule has 0 aromatic heterocycles. The predicted molar refractivity (Wildman–Crippen MR) is 97.7 cm³/mol. The summed E-state index contributed by atoms with van der Waals surface area (Å²) in [7, 11) is 0. The Balaban J connectivity index is 1.27. The summed E-state index contributed by atoms with van der Waals surface area (Å²) in [5.74, 6) is 1.01. The number of benzene rings is 1. The molecule has 2 saturated carbocycles. The fraction of sp³-hybridized carbons (Fsp3) is 0.476. The molecular weight excluding hydrogens is 344 g/mol. The maximum absolute atomic E-state index is 12.9. The minimum absolute atomic E-state index is 0.170. The molecule has 6 nitrogen and oxygen atoms in total. The van der Waals surface area contributed by atoms with Crippen LogP contribution in [0, 0.1) is 35.5 Å². The molecular formula is C21H22N2O4. The van der Waals surface area contributed by atoms with Crippen LogP contribution in [-0.2, 0) is 14.4 Å². The summed E-state index contributed by atoms with van der Waals surface area (Å²) >= 11 is 0. The topological polar surface area (TPSA) is 75.7 Å². The van der Waals surface area contributed by atoms with Gasteiger partial charge in [-0.1, -0.05) is 12.2 Å². The number of likely N-dealkylation sites (tertiary alicyclic amines) is 1. The third kappa shape index (κ3) is 2.50. The number of nitrogens with zero attached hydrogens (tertiary/aromatic N) is 1. The van der Waals surface area contributed by atoms with Gasteiger partial charge in [-0.2, -0.15) is 0 Å². The zero-order valence-electron chi connectivity index (χ0n) is 15.1. The highest BCUT2D eigenvalue weighted by Crippen LogP contribution is 2.65. The van der Waals surface area contributed by atoms with Crippen LogP contribution in [0.3, 0.4) is 0 Å². The van der Waals surface area contributed by atoms with Crippen LogP contribution in [0.5, 0.6) is 5.75 Å². The largest absolute Gasteiger partial charge is 0.494 e. The van der Waals surface area contributed by atoms with Crippen molar-refractivity contribution in [3.8, 4) is 5.75 Å². The van der Waals surface area contributed by atoms with Gasteiger partial charge in [0.15, 0.2) is 0 Å². The van der Waals surface area contributed by atoms with E-state index < -0.39 is 0 Å². The first-order valence-electron chi connectivity index (χ1n) is 9.64. The number of nitrogens with one attached hydrogen (secondary N) is 1. The SMILES string of the molecule is CCOc1ccc(NC(=O)CN2C(=O)[C@H]3[C@@H]4C=C[C@@H]([C@H]5C[C@H]45)[C@@H]3C2=O)cc1. The highest BCUT2D eigenvalue weighted by Gasteiger charge is 2.67. The highest BCUT2D eigenvalue weighted by molar-refractivity contribution is 6.09. The molecule has 4 aliphatic carbocycles. The van der Waals surface area contributed by atoms with E-state index in [0.717, 1.165) is 12.2 Å². The summed E-state index contributed by atoms with van der Waals surface area (Å²) in [6.45, 7) is 2.26. The van der Waals surface area contributed by atoms with E-state index in [0.29, 0.717) is 24.1 Å². The van der Waals surface area contributed by atoms with E-state index in [2.05, 4.69) is 17.5 Å². The van der Waals surface area contributed by atoms with Gasteiger partial charge in [-0.25, -0.2) is 0 Å². The minimum Gasteiger partial charge on any atom is -0.494 e. The van der Waals surface area contributed by atoms with Crippen LogP contribution >= 0.6 is 0 Å². The molecule has 1 N–H and O–H groups in total. The first kappa shape index (κ1) is 16.5. The third-order valence-corrected chi connectivity index (χ3v) is 6.50. The quantitative estimate of drug-likeness (QED) is 0.639.